The summed E-state index contributed by atoms with van der Waals surface area (Å²) in [5, 5.41) is 3.24. The molecule has 0 aliphatic rings. The topological polar surface area (TPSA) is 24.9 Å². The van der Waals surface area contributed by atoms with E-state index >= 15 is 0 Å². The molecule has 0 unspecified atom stereocenters. The number of benzene rings is 1. The molecule has 19 heavy (non-hydrogen) atoms. The van der Waals surface area contributed by atoms with Crippen LogP contribution in [0.15, 0.2) is 42.6 Å². The summed E-state index contributed by atoms with van der Waals surface area (Å²) in [6.45, 7) is 1.49. The Labute approximate surface area is 111 Å². The highest BCUT2D eigenvalue weighted by molar-refractivity contribution is 5.18. The zero-order valence-corrected chi connectivity index (χ0v) is 10.6. The second-order valence-corrected chi connectivity index (χ2v) is 4.35. The van der Waals surface area contributed by atoms with Crippen LogP contribution < -0.4 is 5.32 Å². The summed E-state index contributed by atoms with van der Waals surface area (Å²) in [5.41, 5.74) is 1.70. The Balaban J connectivity index is 1.69. The first-order valence-corrected chi connectivity index (χ1v) is 6.29. The molecule has 2 rings (SSSR count). The monoisotopic (exact) mass is 262 g/mol. The fraction of sp³-hybridized carbons (Fsp3) is 0.267. The number of hydrogen-bond acceptors (Lipinski definition) is 2. The third-order valence-electron chi connectivity index (χ3n) is 2.80. The number of pyridine rings is 1. The molecule has 100 valence electrons. The summed E-state index contributed by atoms with van der Waals surface area (Å²) in [4.78, 5) is 4.22. The lowest BCUT2D eigenvalue weighted by Crippen LogP contribution is -2.20. The van der Waals surface area contributed by atoms with Gasteiger partial charge in [-0.1, -0.05) is 6.07 Å². The van der Waals surface area contributed by atoms with E-state index in [-0.39, 0.29) is 0 Å². The average Bonchev–Trinajstić information content (AvgIpc) is 2.38. The van der Waals surface area contributed by atoms with Crippen molar-refractivity contribution in [2.24, 2.45) is 0 Å². The maximum absolute atomic E-state index is 13.0. The lowest BCUT2D eigenvalue weighted by atomic mass is 10.1. The summed E-state index contributed by atoms with van der Waals surface area (Å²) in [6.07, 6.45) is 3.22. The van der Waals surface area contributed by atoms with Crippen LogP contribution >= 0.6 is 0 Å². The molecule has 0 aliphatic carbocycles. The van der Waals surface area contributed by atoms with Crippen molar-refractivity contribution in [1.82, 2.24) is 10.3 Å². The summed E-state index contributed by atoms with van der Waals surface area (Å²) in [7, 11) is 0. The zero-order valence-electron chi connectivity index (χ0n) is 10.6. The zero-order chi connectivity index (χ0) is 13.5. The molecule has 0 radical (unpaired) electrons. The predicted molar refractivity (Wildman–Crippen MR) is 70.9 cm³/mol. The van der Waals surface area contributed by atoms with Crippen LogP contribution in [0.1, 0.15) is 11.3 Å². The Morgan fingerprint density at radius 2 is 1.68 bits per heavy atom. The minimum Gasteiger partial charge on any atom is -0.316 e. The Hall–Kier alpha value is -1.81. The summed E-state index contributed by atoms with van der Waals surface area (Å²) >= 11 is 0. The molecule has 4 heteroatoms. The van der Waals surface area contributed by atoms with Gasteiger partial charge in [-0.15, -0.1) is 0 Å². The van der Waals surface area contributed by atoms with Gasteiger partial charge in [0.05, 0.1) is 0 Å². The summed E-state index contributed by atoms with van der Waals surface area (Å²) in [6, 6.07) is 9.43. The van der Waals surface area contributed by atoms with Gasteiger partial charge in [-0.3, -0.25) is 4.98 Å². The predicted octanol–water partition coefficient (Wildman–Crippen LogP) is 2.73. The Morgan fingerprint density at radius 1 is 0.947 bits per heavy atom. The quantitative estimate of drug-likeness (QED) is 0.810. The van der Waals surface area contributed by atoms with Crippen molar-refractivity contribution in [2.75, 3.05) is 13.1 Å². The van der Waals surface area contributed by atoms with Crippen LogP contribution in [0.4, 0.5) is 8.78 Å². The molecule has 2 aromatic rings. The van der Waals surface area contributed by atoms with Gasteiger partial charge >= 0.3 is 0 Å². The third kappa shape index (κ3) is 4.75. The molecule has 1 aromatic carbocycles. The van der Waals surface area contributed by atoms with E-state index in [9.17, 15) is 8.78 Å². The molecule has 1 aromatic heterocycles. The second kappa shape index (κ2) is 6.95. The number of hydrogen-bond donors (Lipinski definition) is 1. The Kier molecular flexibility index (Phi) is 4.98. The molecule has 0 bridgehead atoms. The first-order valence-electron chi connectivity index (χ1n) is 6.29. The first kappa shape index (κ1) is 13.6. The second-order valence-electron chi connectivity index (χ2n) is 4.35. The van der Waals surface area contributed by atoms with Crippen molar-refractivity contribution >= 4 is 0 Å². The fourth-order valence-corrected chi connectivity index (χ4v) is 1.88. The van der Waals surface area contributed by atoms with Crippen molar-refractivity contribution < 1.29 is 8.78 Å². The maximum atomic E-state index is 13.0. The lowest BCUT2D eigenvalue weighted by Gasteiger charge is -2.05. The van der Waals surface area contributed by atoms with Gasteiger partial charge in [-0.2, -0.15) is 0 Å². The molecule has 0 spiro atoms. The number of rotatable bonds is 6. The van der Waals surface area contributed by atoms with Crippen molar-refractivity contribution in [3.05, 3.63) is 65.5 Å². The third-order valence-corrected chi connectivity index (χ3v) is 2.80. The number of nitrogens with zero attached hydrogens (tertiary/aromatic N) is 1. The highest BCUT2D eigenvalue weighted by atomic mass is 19.1. The molecular weight excluding hydrogens is 246 g/mol. The van der Waals surface area contributed by atoms with Crippen LogP contribution in [-0.4, -0.2) is 18.1 Å². The summed E-state index contributed by atoms with van der Waals surface area (Å²) < 4.78 is 25.9. The largest absolute Gasteiger partial charge is 0.316 e. The van der Waals surface area contributed by atoms with E-state index in [0.717, 1.165) is 24.7 Å². The van der Waals surface area contributed by atoms with Gasteiger partial charge in [-0.25, -0.2) is 8.78 Å². The molecule has 0 saturated heterocycles. The number of halogens is 2. The van der Waals surface area contributed by atoms with Crippen LogP contribution in [0.3, 0.4) is 0 Å². The van der Waals surface area contributed by atoms with Crippen LogP contribution in [0.5, 0.6) is 0 Å². The molecule has 0 fully saturated rings. The number of nitrogens with one attached hydrogen (secondary N) is 1. The van der Waals surface area contributed by atoms with Crippen molar-refractivity contribution in [1.29, 1.82) is 0 Å². The van der Waals surface area contributed by atoms with Crippen LogP contribution in [0.2, 0.25) is 0 Å². The minimum absolute atomic E-state index is 0.525. The van der Waals surface area contributed by atoms with E-state index in [0.29, 0.717) is 18.5 Å². The van der Waals surface area contributed by atoms with Gasteiger partial charge in [0.15, 0.2) is 0 Å². The lowest BCUT2D eigenvalue weighted by molar-refractivity contribution is 0.577. The van der Waals surface area contributed by atoms with Crippen LogP contribution in [-0.2, 0) is 12.8 Å². The number of aromatic nitrogens is 1. The molecule has 0 amide bonds. The smallest absolute Gasteiger partial charge is 0.126 e. The Bertz CT molecular complexity index is 495. The molecule has 1 N–H and O–H groups in total. The summed E-state index contributed by atoms with van der Waals surface area (Å²) in [5.74, 6) is -1.05. The average molecular weight is 262 g/mol. The first-order chi connectivity index (χ1) is 9.24. The highest BCUT2D eigenvalue weighted by Crippen LogP contribution is 2.08. The van der Waals surface area contributed by atoms with Gasteiger partial charge in [0.2, 0.25) is 0 Å². The highest BCUT2D eigenvalue weighted by Gasteiger charge is 2.00. The standard InChI is InChI=1S/C15H16F2N2/c16-13-9-12(10-14(17)11-13)4-7-18-8-5-15-3-1-2-6-19-15/h1-3,6,9-11,18H,4-5,7-8H2. The van der Waals surface area contributed by atoms with Crippen molar-refractivity contribution in [3.8, 4) is 0 Å². The van der Waals surface area contributed by atoms with Gasteiger partial charge in [0, 0.05) is 30.9 Å². The van der Waals surface area contributed by atoms with E-state index in [1.165, 1.54) is 12.1 Å². The minimum atomic E-state index is -0.525. The SMILES string of the molecule is Fc1cc(F)cc(CCNCCc2ccccn2)c1. The molecular formula is C15H16F2N2. The van der Waals surface area contributed by atoms with E-state index in [1.807, 2.05) is 18.2 Å². The molecule has 0 atom stereocenters. The molecule has 2 nitrogen and oxygen atoms in total. The maximum Gasteiger partial charge on any atom is 0.126 e. The van der Waals surface area contributed by atoms with E-state index in [2.05, 4.69) is 10.3 Å². The molecule has 0 saturated carbocycles. The van der Waals surface area contributed by atoms with E-state index in [4.69, 9.17) is 0 Å². The van der Waals surface area contributed by atoms with Crippen LogP contribution in [0.25, 0.3) is 0 Å². The van der Waals surface area contributed by atoms with Gasteiger partial charge in [-0.05, 0) is 42.8 Å². The van der Waals surface area contributed by atoms with E-state index in [1.54, 1.807) is 6.20 Å². The van der Waals surface area contributed by atoms with Crippen molar-refractivity contribution in [2.45, 2.75) is 12.8 Å². The van der Waals surface area contributed by atoms with E-state index < -0.39 is 11.6 Å². The fourth-order valence-electron chi connectivity index (χ4n) is 1.88. The normalized spacial score (nSPS) is 10.6. The van der Waals surface area contributed by atoms with Crippen molar-refractivity contribution in [3.63, 3.8) is 0 Å². The molecule has 1 heterocycles. The van der Waals surface area contributed by atoms with Gasteiger partial charge in [0.1, 0.15) is 11.6 Å². The Morgan fingerprint density at radius 3 is 2.37 bits per heavy atom. The molecule has 0 aliphatic heterocycles. The van der Waals surface area contributed by atoms with Gasteiger partial charge < -0.3 is 5.32 Å². The van der Waals surface area contributed by atoms with Gasteiger partial charge in [0.25, 0.3) is 0 Å². The van der Waals surface area contributed by atoms with Crippen LogP contribution in [0, 0.1) is 11.6 Å².